The van der Waals surface area contributed by atoms with Gasteiger partial charge in [0.25, 0.3) is 10.0 Å². The number of hydrogen-bond acceptors (Lipinski definition) is 4. The van der Waals surface area contributed by atoms with Gasteiger partial charge >= 0.3 is 0 Å². The molecule has 3 aromatic carbocycles. The number of nitrogens with one attached hydrogen (secondary N) is 1. The monoisotopic (exact) mass is 527 g/mol. The van der Waals surface area contributed by atoms with Gasteiger partial charge in [0.1, 0.15) is 12.6 Å². The number of hydrogen-bond donors (Lipinski definition) is 1. The van der Waals surface area contributed by atoms with E-state index in [4.69, 9.17) is 11.6 Å². The SMILES string of the molecule is CCNC(=O)C(C)N(Cc1cccc(Cl)c1)C(=O)CN(c1ccccc1C)S(=O)(=O)c1ccccc1. The lowest BCUT2D eigenvalue weighted by Gasteiger charge is -2.32. The second kappa shape index (κ2) is 12.1. The molecule has 1 unspecified atom stereocenters. The third kappa shape index (κ3) is 6.44. The van der Waals surface area contributed by atoms with E-state index < -0.39 is 28.5 Å². The predicted molar refractivity (Wildman–Crippen MR) is 142 cm³/mol. The van der Waals surface area contributed by atoms with Crippen molar-refractivity contribution in [2.24, 2.45) is 0 Å². The topological polar surface area (TPSA) is 86.8 Å². The minimum absolute atomic E-state index is 0.0687. The summed E-state index contributed by atoms with van der Waals surface area (Å²) in [6.45, 7) is 5.21. The van der Waals surface area contributed by atoms with Crippen molar-refractivity contribution in [3.63, 3.8) is 0 Å². The van der Waals surface area contributed by atoms with Crippen LogP contribution in [0.25, 0.3) is 0 Å². The van der Waals surface area contributed by atoms with Crippen molar-refractivity contribution in [1.82, 2.24) is 10.2 Å². The molecule has 190 valence electrons. The Hall–Kier alpha value is -3.36. The Labute approximate surface area is 217 Å². The van der Waals surface area contributed by atoms with E-state index in [9.17, 15) is 18.0 Å². The largest absolute Gasteiger partial charge is 0.355 e. The van der Waals surface area contributed by atoms with Crippen LogP contribution in [0.2, 0.25) is 5.02 Å². The van der Waals surface area contributed by atoms with Crippen LogP contribution in [-0.2, 0) is 26.2 Å². The van der Waals surface area contributed by atoms with Crippen LogP contribution in [0, 0.1) is 6.92 Å². The van der Waals surface area contributed by atoms with Gasteiger partial charge in [-0.3, -0.25) is 13.9 Å². The van der Waals surface area contributed by atoms with Crippen molar-refractivity contribution in [2.45, 2.75) is 38.3 Å². The number of aryl methyl sites for hydroxylation is 1. The van der Waals surface area contributed by atoms with E-state index in [2.05, 4.69) is 5.32 Å². The fourth-order valence-corrected chi connectivity index (χ4v) is 5.53. The summed E-state index contributed by atoms with van der Waals surface area (Å²) in [5, 5.41) is 3.24. The van der Waals surface area contributed by atoms with Crippen molar-refractivity contribution in [3.8, 4) is 0 Å². The lowest BCUT2D eigenvalue weighted by Crippen LogP contribution is -2.51. The van der Waals surface area contributed by atoms with Crippen LogP contribution >= 0.6 is 11.6 Å². The van der Waals surface area contributed by atoms with E-state index in [-0.39, 0.29) is 17.3 Å². The fraction of sp³-hybridized carbons (Fsp3) is 0.259. The quantitative estimate of drug-likeness (QED) is 0.423. The van der Waals surface area contributed by atoms with Crippen LogP contribution in [-0.4, -0.2) is 44.3 Å². The Kier molecular flexibility index (Phi) is 9.12. The molecule has 9 heteroatoms. The average Bonchev–Trinajstić information content (AvgIpc) is 2.86. The first-order chi connectivity index (χ1) is 17.1. The van der Waals surface area contributed by atoms with E-state index in [0.717, 1.165) is 9.87 Å². The lowest BCUT2D eigenvalue weighted by atomic mass is 10.1. The number of carbonyl (C=O) groups is 2. The molecule has 1 atom stereocenters. The Bertz CT molecular complexity index is 1320. The molecule has 1 N–H and O–H groups in total. The Morgan fingerprint density at radius 2 is 1.64 bits per heavy atom. The molecule has 36 heavy (non-hydrogen) atoms. The summed E-state index contributed by atoms with van der Waals surface area (Å²) in [4.78, 5) is 27.9. The number of nitrogens with zero attached hydrogens (tertiary/aromatic N) is 2. The molecule has 0 fully saturated rings. The molecule has 0 spiro atoms. The summed E-state index contributed by atoms with van der Waals surface area (Å²) < 4.78 is 28.5. The molecule has 7 nitrogen and oxygen atoms in total. The first kappa shape index (κ1) is 27.2. The maximum atomic E-state index is 13.8. The molecule has 0 saturated heterocycles. The molecular formula is C27H30ClN3O4S. The Balaban J connectivity index is 2.03. The van der Waals surface area contributed by atoms with E-state index in [0.29, 0.717) is 22.8 Å². The molecule has 0 aliphatic rings. The van der Waals surface area contributed by atoms with Crippen LogP contribution < -0.4 is 9.62 Å². The molecule has 0 saturated carbocycles. The lowest BCUT2D eigenvalue weighted by molar-refractivity contribution is -0.139. The van der Waals surface area contributed by atoms with E-state index in [1.54, 1.807) is 87.5 Å². The number of halogens is 1. The number of likely N-dealkylation sites (N-methyl/N-ethyl adjacent to an activating group) is 1. The number of carbonyl (C=O) groups excluding carboxylic acids is 2. The van der Waals surface area contributed by atoms with Crippen molar-refractivity contribution >= 4 is 39.1 Å². The van der Waals surface area contributed by atoms with Crippen LogP contribution in [0.5, 0.6) is 0 Å². The first-order valence-electron chi connectivity index (χ1n) is 11.6. The maximum absolute atomic E-state index is 13.8. The molecule has 2 amide bonds. The van der Waals surface area contributed by atoms with E-state index >= 15 is 0 Å². The van der Waals surface area contributed by atoms with Gasteiger partial charge in [0.15, 0.2) is 0 Å². The second-order valence-electron chi connectivity index (χ2n) is 8.33. The van der Waals surface area contributed by atoms with Gasteiger partial charge in [-0.2, -0.15) is 0 Å². The van der Waals surface area contributed by atoms with Gasteiger partial charge in [-0.05, 0) is 62.2 Å². The highest BCUT2D eigenvalue weighted by molar-refractivity contribution is 7.92. The van der Waals surface area contributed by atoms with Gasteiger partial charge in [0, 0.05) is 18.1 Å². The molecule has 0 aromatic heterocycles. The minimum atomic E-state index is -4.08. The zero-order chi connectivity index (χ0) is 26.3. The number of anilines is 1. The standard InChI is InChI=1S/C27H30ClN3O4S/c1-4-29-27(33)21(3)30(18-22-12-10-13-23(28)17-22)26(32)19-31(25-16-9-8-11-20(25)2)36(34,35)24-14-6-5-7-15-24/h5-17,21H,4,18-19H2,1-3H3,(H,29,33). The molecule has 0 aliphatic heterocycles. The number of para-hydroxylation sites is 1. The predicted octanol–water partition coefficient (Wildman–Crippen LogP) is 4.40. The van der Waals surface area contributed by atoms with Crippen molar-refractivity contribution in [1.29, 1.82) is 0 Å². The highest BCUT2D eigenvalue weighted by Crippen LogP contribution is 2.27. The molecule has 0 bridgehead atoms. The summed E-state index contributed by atoms with van der Waals surface area (Å²) >= 11 is 6.14. The normalized spacial score (nSPS) is 12.0. The Morgan fingerprint density at radius 1 is 0.972 bits per heavy atom. The molecule has 0 aliphatic carbocycles. The van der Waals surface area contributed by atoms with Gasteiger partial charge in [-0.25, -0.2) is 8.42 Å². The van der Waals surface area contributed by atoms with Crippen molar-refractivity contribution in [3.05, 3.63) is 95.0 Å². The molecule has 0 heterocycles. The van der Waals surface area contributed by atoms with Crippen molar-refractivity contribution < 1.29 is 18.0 Å². The van der Waals surface area contributed by atoms with Crippen LogP contribution in [0.4, 0.5) is 5.69 Å². The number of benzene rings is 3. The molecule has 3 aromatic rings. The highest BCUT2D eigenvalue weighted by Gasteiger charge is 2.32. The summed E-state index contributed by atoms with van der Waals surface area (Å²) in [6.07, 6.45) is 0. The third-order valence-corrected chi connectivity index (χ3v) is 7.76. The second-order valence-corrected chi connectivity index (χ2v) is 10.6. The molecule has 0 radical (unpaired) electrons. The summed E-state index contributed by atoms with van der Waals surface area (Å²) in [7, 11) is -4.08. The Morgan fingerprint density at radius 3 is 2.28 bits per heavy atom. The highest BCUT2D eigenvalue weighted by atomic mass is 35.5. The summed E-state index contributed by atoms with van der Waals surface area (Å²) in [6, 6.07) is 21.1. The number of rotatable bonds is 10. The van der Waals surface area contributed by atoms with E-state index in [1.807, 2.05) is 0 Å². The first-order valence-corrected chi connectivity index (χ1v) is 13.4. The van der Waals surface area contributed by atoms with Gasteiger partial charge in [0.05, 0.1) is 10.6 Å². The van der Waals surface area contributed by atoms with Crippen LogP contribution in [0.15, 0.2) is 83.8 Å². The zero-order valence-electron chi connectivity index (χ0n) is 20.5. The van der Waals surface area contributed by atoms with Gasteiger partial charge in [-0.1, -0.05) is 60.1 Å². The minimum Gasteiger partial charge on any atom is -0.355 e. The van der Waals surface area contributed by atoms with Gasteiger partial charge < -0.3 is 10.2 Å². The van der Waals surface area contributed by atoms with E-state index in [1.165, 1.54) is 17.0 Å². The third-order valence-electron chi connectivity index (χ3n) is 5.75. The smallest absolute Gasteiger partial charge is 0.264 e. The van der Waals surface area contributed by atoms with Gasteiger partial charge in [-0.15, -0.1) is 0 Å². The average molecular weight is 528 g/mol. The summed E-state index contributed by atoms with van der Waals surface area (Å²) in [5.74, 6) is -0.849. The molecule has 3 rings (SSSR count). The number of amides is 2. The van der Waals surface area contributed by atoms with Gasteiger partial charge in [0.2, 0.25) is 11.8 Å². The fourth-order valence-electron chi connectivity index (χ4n) is 3.81. The van der Waals surface area contributed by atoms with Crippen LogP contribution in [0.1, 0.15) is 25.0 Å². The van der Waals surface area contributed by atoms with Crippen LogP contribution in [0.3, 0.4) is 0 Å². The maximum Gasteiger partial charge on any atom is 0.264 e. The zero-order valence-corrected chi connectivity index (χ0v) is 22.1. The number of sulfonamides is 1. The van der Waals surface area contributed by atoms with Crippen molar-refractivity contribution in [2.75, 3.05) is 17.4 Å². The summed E-state index contributed by atoms with van der Waals surface area (Å²) in [5.41, 5.74) is 1.81. The molecular weight excluding hydrogens is 498 g/mol.